The Balaban J connectivity index is 1.60. The van der Waals surface area contributed by atoms with E-state index >= 15 is 0 Å². The molecule has 1 amide bonds. The molecule has 0 aliphatic carbocycles. The maximum atomic E-state index is 12.1. The third-order valence-electron chi connectivity index (χ3n) is 3.55. The van der Waals surface area contributed by atoms with Crippen molar-refractivity contribution in [1.82, 2.24) is 0 Å². The molecular formula is C17H13ClN2O7. The summed E-state index contributed by atoms with van der Waals surface area (Å²) < 4.78 is 15.7. The molecule has 1 aliphatic rings. The molecule has 2 aromatic carbocycles. The molecule has 0 saturated heterocycles. The van der Waals surface area contributed by atoms with Crippen molar-refractivity contribution in [1.29, 1.82) is 0 Å². The van der Waals surface area contributed by atoms with Crippen LogP contribution in [-0.2, 0) is 9.53 Å². The number of carbonyl (C=O) groups is 2. The van der Waals surface area contributed by atoms with Gasteiger partial charge in [0.2, 0.25) is 0 Å². The zero-order valence-corrected chi connectivity index (χ0v) is 14.5. The molecule has 1 heterocycles. The number of hydrogen-bond acceptors (Lipinski definition) is 7. The van der Waals surface area contributed by atoms with Crippen LogP contribution in [0.2, 0.25) is 5.02 Å². The lowest BCUT2D eigenvalue weighted by Crippen LogP contribution is -2.21. The zero-order chi connectivity index (χ0) is 19.4. The molecule has 0 bridgehead atoms. The van der Waals surface area contributed by atoms with E-state index in [9.17, 15) is 19.7 Å². The van der Waals surface area contributed by atoms with Crippen LogP contribution >= 0.6 is 11.6 Å². The molecule has 0 unspecified atom stereocenters. The Kier molecular flexibility index (Phi) is 5.41. The third-order valence-corrected chi connectivity index (χ3v) is 3.88. The van der Waals surface area contributed by atoms with Gasteiger partial charge in [-0.05, 0) is 24.3 Å². The number of nitrogens with one attached hydrogen (secondary N) is 1. The number of nitrogens with zero attached hydrogens (tertiary/aromatic N) is 1. The van der Waals surface area contributed by atoms with Crippen molar-refractivity contribution >= 4 is 34.9 Å². The summed E-state index contributed by atoms with van der Waals surface area (Å²) in [6.45, 7) is 0.210. The standard InChI is InChI=1S/C17H13ClN2O7/c18-12-3-2-11(20(23)24)8-13(12)19-16(21)9-27-17(22)10-1-4-14-15(7-10)26-6-5-25-14/h1-4,7-8H,5-6,9H2,(H,19,21). The minimum atomic E-state index is -0.729. The number of non-ortho nitro benzene ring substituents is 1. The quantitative estimate of drug-likeness (QED) is 0.472. The van der Waals surface area contributed by atoms with E-state index in [2.05, 4.69) is 5.32 Å². The number of esters is 1. The molecule has 0 radical (unpaired) electrons. The van der Waals surface area contributed by atoms with Gasteiger partial charge < -0.3 is 19.5 Å². The fourth-order valence-corrected chi connectivity index (χ4v) is 2.46. The number of carbonyl (C=O) groups excluding carboxylic acids is 2. The average Bonchev–Trinajstić information content (AvgIpc) is 2.67. The average molecular weight is 393 g/mol. The van der Waals surface area contributed by atoms with Crippen molar-refractivity contribution in [3.8, 4) is 11.5 Å². The first-order valence-electron chi connectivity index (χ1n) is 7.74. The van der Waals surface area contributed by atoms with E-state index in [0.717, 1.165) is 6.07 Å². The third kappa shape index (κ3) is 4.45. The normalized spacial score (nSPS) is 12.2. The highest BCUT2D eigenvalue weighted by molar-refractivity contribution is 6.33. The smallest absolute Gasteiger partial charge is 0.338 e. The van der Waals surface area contributed by atoms with Crippen LogP contribution in [0.15, 0.2) is 36.4 Å². The van der Waals surface area contributed by atoms with Crippen molar-refractivity contribution in [3.05, 3.63) is 57.1 Å². The summed E-state index contributed by atoms with van der Waals surface area (Å²) >= 11 is 5.90. The van der Waals surface area contributed by atoms with E-state index in [0.29, 0.717) is 24.7 Å². The van der Waals surface area contributed by atoms with E-state index < -0.39 is 23.4 Å². The first kappa shape index (κ1) is 18.5. The highest BCUT2D eigenvalue weighted by atomic mass is 35.5. The Morgan fingerprint density at radius 2 is 1.89 bits per heavy atom. The lowest BCUT2D eigenvalue weighted by molar-refractivity contribution is -0.384. The Morgan fingerprint density at radius 3 is 2.63 bits per heavy atom. The molecule has 0 spiro atoms. The second-order valence-corrected chi connectivity index (χ2v) is 5.81. The highest BCUT2D eigenvalue weighted by Crippen LogP contribution is 2.31. The topological polar surface area (TPSA) is 117 Å². The lowest BCUT2D eigenvalue weighted by atomic mass is 10.2. The van der Waals surface area contributed by atoms with Crippen molar-refractivity contribution in [2.75, 3.05) is 25.1 Å². The Hall–Kier alpha value is -3.33. The monoisotopic (exact) mass is 392 g/mol. The number of hydrogen-bond donors (Lipinski definition) is 1. The summed E-state index contributed by atoms with van der Waals surface area (Å²) in [4.78, 5) is 34.2. The number of amides is 1. The Bertz CT molecular complexity index is 916. The lowest BCUT2D eigenvalue weighted by Gasteiger charge is -2.18. The van der Waals surface area contributed by atoms with Gasteiger partial charge in [0.1, 0.15) is 13.2 Å². The summed E-state index contributed by atoms with van der Waals surface area (Å²) in [6.07, 6.45) is 0. The Morgan fingerprint density at radius 1 is 1.15 bits per heavy atom. The maximum Gasteiger partial charge on any atom is 0.338 e. The molecule has 0 atom stereocenters. The van der Waals surface area contributed by atoms with E-state index in [4.69, 9.17) is 25.8 Å². The molecular weight excluding hydrogens is 380 g/mol. The number of fused-ring (bicyclic) bond motifs is 1. The van der Waals surface area contributed by atoms with Crippen LogP contribution in [0.5, 0.6) is 11.5 Å². The van der Waals surface area contributed by atoms with Gasteiger partial charge in [-0.1, -0.05) is 11.6 Å². The van der Waals surface area contributed by atoms with Gasteiger partial charge in [0.05, 0.1) is 21.2 Å². The second kappa shape index (κ2) is 7.92. The predicted molar refractivity (Wildman–Crippen MR) is 94.5 cm³/mol. The number of ether oxygens (including phenoxy) is 3. The largest absolute Gasteiger partial charge is 0.486 e. The van der Waals surface area contributed by atoms with Crippen LogP contribution in [0.3, 0.4) is 0 Å². The molecule has 3 rings (SSSR count). The zero-order valence-electron chi connectivity index (χ0n) is 13.8. The number of halogens is 1. The van der Waals surface area contributed by atoms with Gasteiger partial charge in [0.25, 0.3) is 11.6 Å². The first-order chi connectivity index (χ1) is 12.9. The molecule has 0 aromatic heterocycles. The second-order valence-electron chi connectivity index (χ2n) is 5.40. The number of nitro groups is 1. The summed E-state index contributed by atoms with van der Waals surface area (Å²) in [7, 11) is 0. The van der Waals surface area contributed by atoms with Crippen molar-refractivity contribution in [3.63, 3.8) is 0 Å². The summed E-state index contributed by atoms with van der Waals surface area (Å²) in [6, 6.07) is 8.14. The molecule has 2 aromatic rings. The first-order valence-corrected chi connectivity index (χ1v) is 8.12. The van der Waals surface area contributed by atoms with Crippen molar-refractivity contribution in [2.45, 2.75) is 0 Å². The van der Waals surface area contributed by atoms with Crippen molar-refractivity contribution in [2.24, 2.45) is 0 Å². The van der Waals surface area contributed by atoms with Crippen LogP contribution in [0.25, 0.3) is 0 Å². The molecule has 10 heteroatoms. The van der Waals surface area contributed by atoms with Gasteiger partial charge in [-0.3, -0.25) is 14.9 Å². The molecule has 1 N–H and O–H groups in total. The van der Waals surface area contributed by atoms with Gasteiger partial charge in [0, 0.05) is 12.1 Å². The van der Waals surface area contributed by atoms with Crippen LogP contribution in [-0.4, -0.2) is 36.6 Å². The van der Waals surface area contributed by atoms with Crippen LogP contribution in [0, 0.1) is 10.1 Å². The van der Waals surface area contributed by atoms with Crippen molar-refractivity contribution < 1.29 is 28.7 Å². The van der Waals surface area contributed by atoms with Crippen LogP contribution in [0.4, 0.5) is 11.4 Å². The molecule has 0 saturated carbocycles. The van der Waals surface area contributed by atoms with Crippen LogP contribution in [0.1, 0.15) is 10.4 Å². The SMILES string of the molecule is O=C(COC(=O)c1ccc2c(c1)OCCO2)Nc1cc([N+](=O)[O-])ccc1Cl. The van der Waals surface area contributed by atoms with E-state index in [1.165, 1.54) is 24.3 Å². The fraction of sp³-hybridized carbons (Fsp3) is 0.176. The fourth-order valence-electron chi connectivity index (χ4n) is 2.29. The minimum absolute atomic E-state index is 0.0474. The number of benzene rings is 2. The van der Waals surface area contributed by atoms with Gasteiger partial charge in [0.15, 0.2) is 18.1 Å². The Labute approximate surface area is 157 Å². The van der Waals surface area contributed by atoms with Crippen LogP contribution < -0.4 is 14.8 Å². The van der Waals surface area contributed by atoms with E-state index in [1.807, 2.05) is 0 Å². The number of rotatable bonds is 5. The van der Waals surface area contributed by atoms with Gasteiger partial charge in [-0.25, -0.2) is 4.79 Å². The summed E-state index contributed by atoms with van der Waals surface area (Å²) in [5, 5.41) is 13.3. The van der Waals surface area contributed by atoms with Gasteiger partial charge in [-0.2, -0.15) is 0 Å². The molecule has 27 heavy (non-hydrogen) atoms. The maximum absolute atomic E-state index is 12.1. The number of nitro benzene ring substituents is 1. The molecule has 1 aliphatic heterocycles. The summed E-state index contributed by atoms with van der Waals surface area (Å²) in [5.41, 5.74) is 0.00893. The molecule has 140 valence electrons. The van der Waals surface area contributed by atoms with Gasteiger partial charge >= 0.3 is 5.97 Å². The van der Waals surface area contributed by atoms with Gasteiger partial charge in [-0.15, -0.1) is 0 Å². The minimum Gasteiger partial charge on any atom is -0.486 e. The number of anilines is 1. The van der Waals surface area contributed by atoms with E-state index in [-0.39, 0.29) is 22.0 Å². The predicted octanol–water partition coefficient (Wildman–Crippen LogP) is 2.81. The highest BCUT2D eigenvalue weighted by Gasteiger charge is 2.17. The molecule has 0 fully saturated rings. The molecule has 9 nitrogen and oxygen atoms in total. The van der Waals surface area contributed by atoms with E-state index in [1.54, 1.807) is 6.07 Å². The summed E-state index contributed by atoms with van der Waals surface area (Å²) in [5.74, 6) is -0.477.